The van der Waals surface area contributed by atoms with Gasteiger partial charge in [-0.25, -0.2) is 4.98 Å². The Labute approximate surface area is 152 Å². The minimum Gasteiger partial charge on any atom is -0.380 e. The number of nitrogens with one attached hydrogen (secondary N) is 1. The van der Waals surface area contributed by atoms with Crippen LogP contribution in [0, 0.1) is 12.8 Å². The SMILES string of the molecule is CNc1nccnc1C[C@@H]1CCCN(C(=O)c2noc(C)c2COC)C1. The second kappa shape index (κ2) is 8.27. The molecule has 8 nitrogen and oxygen atoms in total. The second-order valence-electron chi connectivity index (χ2n) is 6.56. The lowest BCUT2D eigenvalue weighted by molar-refractivity contribution is 0.0658. The van der Waals surface area contributed by atoms with Crippen molar-refractivity contribution < 1.29 is 14.1 Å². The number of carbonyl (C=O) groups is 1. The van der Waals surface area contributed by atoms with Crippen LogP contribution >= 0.6 is 0 Å². The first kappa shape index (κ1) is 18.3. The summed E-state index contributed by atoms with van der Waals surface area (Å²) in [5.74, 6) is 1.68. The summed E-state index contributed by atoms with van der Waals surface area (Å²) >= 11 is 0. The molecule has 0 spiro atoms. The summed E-state index contributed by atoms with van der Waals surface area (Å²) in [6.45, 7) is 3.52. The number of rotatable bonds is 6. The van der Waals surface area contributed by atoms with Gasteiger partial charge in [-0.05, 0) is 32.1 Å². The fraction of sp³-hybridized carbons (Fsp3) is 0.556. The van der Waals surface area contributed by atoms with E-state index in [9.17, 15) is 4.79 Å². The standard InChI is InChI=1S/C18H25N5O3/c1-12-14(11-25-3)16(22-26-12)18(24)23-8-4-5-13(10-23)9-15-17(19-2)21-7-6-20-15/h6-7,13H,4-5,8-11H2,1-3H3,(H,19,21)/t13-/m0/s1. The quantitative estimate of drug-likeness (QED) is 0.843. The first-order valence-corrected chi connectivity index (χ1v) is 8.85. The molecule has 1 atom stereocenters. The molecule has 0 unspecified atom stereocenters. The van der Waals surface area contributed by atoms with Crippen LogP contribution in [0.1, 0.15) is 40.3 Å². The summed E-state index contributed by atoms with van der Waals surface area (Å²) in [6.07, 6.45) is 6.19. The largest absolute Gasteiger partial charge is 0.380 e. The molecule has 1 aliphatic heterocycles. The number of amides is 1. The van der Waals surface area contributed by atoms with E-state index < -0.39 is 0 Å². The second-order valence-corrected chi connectivity index (χ2v) is 6.56. The third-order valence-corrected chi connectivity index (χ3v) is 4.77. The maximum Gasteiger partial charge on any atom is 0.276 e. The first-order chi connectivity index (χ1) is 12.6. The zero-order chi connectivity index (χ0) is 18.5. The molecule has 1 amide bonds. The van der Waals surface area contributed by atoms with Crippen LogP contribution in [0.5, 0.6) is 0 Å². The van der Waals surface area contributed by atoms with Crippen LogP contribution in [0.25, 0.3) is 0 Å². The van der Waals surface area contributed by atoms with Crippen LogP contribution in [0.4, 0.5) is 5.82 Å². The molecule has 1 N–H and O–H groups in total. The van der Waals surface area contributed by atoms with E-state index in [1.165, 1.54) is 0 Å². The number of anilines is 1. The number of hydrogen-bond donors (Lipinski definition) is 1. The van der Waals surface area contributed by atoms with Crippen LogP contribution in [0.2, 0.25) is 0 Å². The Morgan fingerprint density at radius 1 is 1.42 bits per heavy atom. The van der Waals surface area contributed by atoms with Crippen molar-refractivity contribution in [2.45, 2.75) is 32.8 Å². The Morgan fingerprint density at radius 3 is 3.00 bits per heavy atom. The molecule has 1 fully saturated rings. The summed E-state index contributed by atoms with van der Waals surface area (Å²) in [7, 11) is 3.44. The summed E-state index contributed by atoms with van der Waals surface area (Å²) in [6, 6.07) is 0. The molecule has 0 aliphatic carbocycles. The average molecular weight is 359 g/mol. The van der Waals surface area contributed by atoms with Gasteiger partial charge in [0.15, 0.2) is 5.69 Å². The lowest BCUT2D eigenvalue weighted by Gasteiger charge is -2.32. The van der Waals surface area contributed by atoms with Crippen molar-refractivity contribution >= 4 is 11.7 Å². The third-order valence-electron chi connectivity index (χ3n) is 4.77. The lowest BCUT2D eigenvalue weighted by Crippen LogP contribution is -2.41. The molecule has 3 rings (SSSR count). The van der Waals surface area contributed by atoms with Gasteiger partial charge in [0.1, 0.15) is 11.6 Å². The van der Waals surface area contributed by atoms with Gasteiger partial charge in [0.25, 0.3) is 5.91 Å². The number of ether oxygens (including phenoxy) is 1. The van der Waals surface area contributed by atoms with Crippen LogP contribution < -0.4 is 5.32 Å². The van der Waals surface area contributed by atoms with Gasteiger partial charge < -0.3 is 19.5 Å². The molecule has 140 valence electrons. The molecule has 0 radical (unpaired) electrons. The molecule has 2 aromatic heterocycles. The summed E-state index contributed by atoms with van der Waals surface area (Å²) in [4.78, 5) is 23.5. The van der Waals surface area contributed by atoms with Gasteiger partial charge in [0.05, 0.1) is 17.9 Å². The van der Waals surface area contributed by atoms with Crippen LogP contribution in [-0.4, -0.2) is 53.2 Å². The monoisotopic (exact) mass is 359 g/mol. The zero-order valence-electron chi connectivity index (χ0n) is 15.5. The number of nitrogens with zero attached hydrogens (tertiary/aromatic N) is 4. The number of methoxy groups -OCH3 is 1. The smallest absolute Gasteiger partial charge is 0.276 e. The van der Waals surface area contributed by atoms with E-state index in [4.69, 9.17) is 9.26 Å². The van der Waals surface area contributed by atoms with Crippen molar-refractivity contribution in [2.75, 3.05) is 32.6 Å². The minimum atomic E-state index is -0.0911. The first-order valence-electron chi connectivity index (χ1n) is 8.85. The zero-order valence-corrected chi connectivity index (χ0v) is 15.5. The highest BCUT2D eigenvalue weighted by atomic mass is 16.5. The molecule has 0 bridgehead atoms. The van der Waals surface area contributed by atoms with E-state index in [1.54, 1.807) is 26.4 Å². The molecule has 3 heterocycles. The van der Waals surface area contributed by atoms with Gasteiger partial charge in [-0.15, -0.1) is 0 Å². The molecule has 26 heavy (non-hydrogen) atoms. The highest BCUT2D eigenvalue weighted by Crippen LogP contribution is 2.25. The topological polar surface area (TPSA) is 93.4 Å². The Morgan fingerprint density at radius 2 is 2.23 bits per heavy atom. The van der Waals surface area contributed by atoms with Crippen molar-refractivity contribution in [1.29, 1.82) is 0 Å². The molecule has 1 saturated heterocycles. The van der Waals surface area contributed by atoms with Crippen molar-refractivity contribution in [3.63, 3.8) is 0 Å². The van der Waals surface area contributed by atoms with E-state index in [0.29, 0.717) is 30.5 Å². The van der Waals surface area contributed by atoms with Crippen molar-refractivity contribution in [3.05, 3.63) is 35.1 Å². The van der Waals surface area contributed by atoms with Crippen LogP contribution in [0.15, 0.2) is 16.9 Å². The normalized spacial score (nSPS) is 17.3. The van der Waals surface area contributed by atoms with Crippen molar-refractivity contribution in [1.82, 2.24) is 20.0 Å². The van der Waals surface area contributed by atoms with Gasteiger partial charge >= 0.3 is 0 Å². The molecular weight excluding hydrogens is 334 g/mol. The molecule has 1 aliphatic rings. The fourth-order valence-electron chi connectivity index (χ4n) is 3.44. The van der Waals surface area contributed by atoms with E-state index in [2.05, 4.69) is 20.4 Å². The molecule has 0 saturated carbocycles. The van der Waals surface area contributed by atoms with Gasteiger partial charge in [-0.3, -0.25) is 9.78 Å². The fourth-order valence-corrected chi connectivity index (χ4v) is 3.44. The molecule has 0 aromatic carbocycles. The minimum absolute atomic E-state index is 0.0911. The van der Waals surface area contributed by atoms with Gasteiger partial charge in [-0.1, -0.05) is 5.16 Å². The highest BCUT2D eigenvalue weighted by molar-refractivity contribution is 5.93. The van der Waals surface area contributed by atoms with Crippen LogP contribution in [0.3, 0.4) is 0 Å². The Kier molecular flexibility index (Phi) is 5.82. The Balaban J connectivity index is 1.71. The molecule has 8 heteroatoms. The number of carbonyl (C=O) groups excluding carboxylic acids is 1. The summed E-state index contributed by atoms with van der Waals surface area (Å²) in [5.41, 5.74) is 2.03. The summed E-state index contributed by atoms with van der Waals surface area (Å²) in [5, 5.41) is 7.05. The highest BCUT2D eigenvalue weighted by Gasteiger charge is 2.29. The van der Waals surface area contributed by atoms with Gasteiger partial charge in [-0.2, -0.15) is 0 Å². The predicted octanol–water partition coefficient (Wildman–Crippen LogP) is 2.06. The number of aryl methyl sites for hydroxylation is 1. The number of aromatic nitrogens is 3. The van der Waals surface area contributed by atoms with Crippen molar-refractivity contribution in [3.8, 4) is 0 Å². The number of piperidine rings is 1. The summed E-state index contributed by atoms with van der Waals surface area (Å²) < 4.78 is 10.4. The number of likely N-dealkylation sites (tertiary alicyclic amines) is 1. The average Bonchev–Trinajstić information content (AvgIpc) is 3.03. The Bertz CT molecular complexity index is 761. The van der Waals surface area contributed by atoms with E-state index in [1.807, 2.05) is 11.9 Å². The molecule has 2 aromatic rings. The maximum absolute atomic E-state index is 12.9. The number of hydrogen-bond acceptors (Lipinski definition) is 7. The predicted molar refractivity (Wildman–Crippen MR) is 95.9 cm³/mol. The maximum atomic E-state index is 12.9. The lowest BCUT2D eigenvalue weighted by atomic mass is 9.93. The third kappa shape index (κ3) is 3.85. The van der Waals surface area contributed by atoms with E-state index >= 15 is 0 Å². The van der Waals surface area contributed by atoms with E-state index in [0.717, 1.165) is 42.9 Å². The van der Waals surface area contributed by atoms with Gasteiger partial charge in [0, 0.05) is 39.6 Å². The van der Waals surface area contributed by atoms with Crippen molar-refractivity contribution in [2.24, 2.45) is 5.92 Å². The van der Waals surface area contributed by atoms with Crippen LogP contribution in [-0.2, 0) is 17.8 Å². The van der Waals surface area contributed by atoms with E-state index in [-0.39, 0.29) is 5.91 Å². The Hall–Kier alpha value is -2.48. The van der Waals surface area contributed by atoms with Gasteiger partial charge in [0.2, 0.25) is 0 Å². The molecular formula is C18H25N5O3.